The highest BCUT2D eigenvalue weighted by Gasteiger charge is 2.26. The zero-order valence-electron chi connectivity index (χ0n) is 11.3. The van der Waals surface area contributed by atoms with Crippen LogP contribution in [-0.2, 0) is 4.74 Å². The number of hydrogen-bond acceptors (Lipinski definition) is 3. The minimum absolute atomic E-state index is 0.464. The van der Waals surface area contributed by atoms with Gasteiger partial charge >= 0.3 is 0 Å². The monoisotopic (exact) mass is 240 g/mol. The van der Waals surface area contributed by atoms with Gasteiger partial charge in [0.2, 0.25) is 0 Å². The Kier molecular flexibility index (Phi) is 5.26. The van der Waals surface area contributed by atoms with Crippen LogP contribution in [0, 0.1) is 5.41 Å². The first-order valence-electron chi connectivity index (χ1n) is 7.30. The Labute approximate surface area is 106 Å². The van der Waals surface area contributed by atoms with Gasteiger partial charge in [-0.2, -0.15) is 0 Å². The summed E-state index contributed by atoms with van der Waals surface area (Å²) >= 11 is 0. The Morgan fingerprint density at radius 3 is 2.53 bits per heavy atom. The molecule has 1 saturated carbocycles. The van der Waals surface area contributed by atoms with Gasteiger partial charge in [0.1, 0.15) is 0 Å². The highest BCUT2D eigenvalue weighted by atomic mass is 16.5. The fraction of sp³-hybridized carbons (Fsp3) is 1.00. The lowest BCUT2D eigenvalue weighted by atomic mass is 9.82. The van der Waals surface area contributed by atoms with Crippen LogP contribution in [0.15, 0.2) is 0 Å². The highest BCUT2D eigenvalue weighted by Crippen LogP contribution is 2.28. The quantitative estimate of drug-likeness (QED) is 0.696. The molecule has 0 amide bonds. The molecule has 1 saturated heterocycles. The van der Waals surface area contributed by atoms with E-state index in [9.17, 15) is 0 Å². The SMILES string of the molecule is CC1(CNCCNC2CCCC2)CCOCC1. The second kappa shape index (κ2) is 6.72. The van der Waals surface area contributed by atoms with E-state index < -0.39 is 0 Å². The molecule has 0 atom stereocenters. The van der Waals surface area contributed by atoms with Crippen LogP contribution in [0.4, 0.5) is 0 Å². The van der Waals surface area contributed by atoms with Crippen LogP contribution in [0.2, 0.25) is 0 Å². The van der Waals surface area contributed by atoms with Gasteiger partial charge in [-0.25, -0.2) is 0 Å². The molecule has 0 bridgehead atoms. The average Bonchev–Trinajstić information content (AvgIpc) is 2.82. The maximum absolute atomic E-state index is 5.42. The molecular weight excluding hydrogens is 212 g/mol. The van der Waals surface area contributed by atoms with Crippen molar-refractivity contribution >= 4 is 0 Å². The molecule has 2 fully saturated rings. The molecule has 0 radical (unpaired) electrons. The van der Waals surface area contributed by atoms with Gasteiger partial charge in [0.15, 0.2) is 0 Å². The van der Waals surface area contributed by atoms with Crippen LogP contribution in [0.3, 0.4) is 0 Å². The van der Waals surface area contributed by atoms with Crippen LogP contribution >= 0.6 is 0 Å². The molecule has 1 heterocycles. The molecule has 17 heavy (non-hydrogen) atoms. The Morgan fingerprint density at radius 1 is 1.12 bits per heavy atom. The summed E-state index contributed by atoms with van der Waals surface area (Å²) in [5.74, 6) is 0. The Morgan fingerprint density at radius 2 is 1.82 bits per heavy atom. The average molecular weight is 240 g/mol. The van der Waals surface area contributed by atoms with E-state index in [1.165, 1.54) is 38.5 Å². The van der Waals surface area contributed by atoms with Crippen molar-refractivity contribution in [2.24, 2.45) is 5.41 Å². The predicted molar refractivity (Wildman–Crippen MR) is 71.3 cm³/mol. The summed E-state index contributed by atoms with van der Waals surface area (Å²) in [6.45, 7) is 7.64. The summed E-state index contributed by atoms with van der Waals surface area (Å²) in [5.41, 5.74) is 0.464. The molecule has 0 aromatic carbocycles. The Hall–Kier alpha value is -0.120. The molecule has 2 aliphatic rings. The first-order chi connectivity index (χ1) is 8.29. The van der Waals surface area contributed by atoms with Crippen molar-refractivity contribution in [1.29, 1.82) is 0 Å². The zero-order chi connectivity index (χ0) is 12.0. The second-order valence-electron chi connectivity index (χ2n) is 6.04. The van der Waals surface area contributed by atoms with Crippen LogP contribution in [-0.4, -0.2) is 38.9 Å². The normalized spacial score (nSPS) is 25.2. The molecule has 0 aromatic heterocycles. The van der Waals surface area contributed by atoms with Crippen molar-refractivity contribution in [3.05, 3.63) is 0 Å². The van der Waals surface area contributed by atoms with Gasteiger partial charge in [-0.15, -0.1) is 0 Å². The van der Waals surface area contributed by atoms with Crippen molar-refractivity contribution in [1.82, 2.24) is 10.6 Å². The largest absolute Gasteiger partial charge is 0.381 e. The summed E-state index contributed by atoms with van der Waals surface area (Å²) in [4.78, 5) is 0. The van der Waals surface area contributed by atoms with E-state index >= 15 is 0 Å². The lowest BCUT2D eigenvalue weighted by Crippen LogP contribution is -2.40. The summed E-state index contributed by atoms with van der Waals surface area (Å²) < 4.78 is 5.42. The topological polar surface area (TPSA) is 33.3 Å². The van der Waals surface area contributed by atoms with Crippen molar-refractivity contribution in [3.8, 4) is 0 Å². The minimum atomic E-state index is 0.464. The standard InChI is InChI=1S/C14H28N2O/c1-14(6-10-17-11-7-14)12-15-8-9-16-13-4-2-3-5-13/h13,15-16H,2-12H2,1H3. The summed E-state index contributed by atoms with van der Waals surface area (Å²) in [6.07, 6.45) is 8.02. The molecule has 0 spiro atoms. The molecule has 100 valence electrons. The number of ether oxygens (including phenoxy) is 1. The highest BCUT2D eigenvalue weighted by molar-refractivity contribution is 4.80. The third kappa shape index (κ3) is 4.57. The van der Waals surface area contributed by atoms with Crippen molar-refractivity contribution in [3.63, 3.8) is 0 Å². The van der Waals surface area contributed by atoms with Crippen molar-refractivity contribution < 1.29 is 4.74 Å². The van der Waals surface area contributed by atoms with Gasteiger partial charge in [-0.3, -0.25) is 0 Å². The van der Waals surface area contributed by atoms with Crippen LogP contribution in [0.5, 0.6) is 0 Å². The summed E-state index contributed by atoms with van der Waals surface area (Å²) in [5, 5.41) is 7.25. The molecule has 1 aliphatic heterocycles. The van der Waals surface area contributed by atoms with E-state index in [0.29, 0.717) is 5.41 Å². The molecular formula is C14H28N2O. The molecule has 1 aliphatic carbocycles. The van der Waals surface area contributed by atoms with E-state index in [4.69, 9.17) is 4.74 Å². The smallest absolute Gasteiger partial charge is 0.0471 e. The Balaban J connectivity index is 1.50. The van der Waals surface area contributed by atoms with Crippen LogP contribution < -0.4 is 10.6 Å². The van der Waals surface area contributed by atoms with Crippen LogP contribution in [0.25, 0.3) is 0 Å². The number of nitrogens with one attached hydrogen (secondary N) is 2. The van der Waals surface area contributed by atoms with Crippen molar-refractivity contribution in [2.45, 2.75) is 51.5 Å². The minimum Gasteiger partial charge on any atom is -0.381 e. The fourth-order valence-corrected chi connectivity index (χ4v) is 2.93. The van der Waals surface area contributed by atoms with Gasteiger partial charge in [-0.05, 0) is 31.1 Å². The molecule has 2 N–H and O–H groups in total. The Bertz CT molecular complexity index is 208. The molecule has 2 rings (SSSR count). The lowest BCUT2D eigenvalue weighted by molar-refractivity contribution is 0.0242. The van der Waals surface area contributed by atoms with E-state index in [-0.39, 0.29) is 0 Å². The summed E-state index contributed by atoms with van der Waals surface area (Å²) in [6, 6.07) is 0.801. The number of rotatable bonds is 6. The van der Waals surface area contributed by atoms with Gasteiger partial charge in [0.25, 0.3) is 0 Å². The lowest BCUT2D eigenvalue weighted by Gasteiger charge is -2.33. The molecule has 3 nitrogen and oxygen atoms in total. The van der Waals surface area contributed by atoms with Gasteiger partial charge in [0, 0.05) is 38.9 Å². The van der Waals surface area contributed by atoms with Crippen LogP contribution in [0.1, 0.15) is 45.4 Å². The predicted octanol–water partition coefficient (Wildman–Crippen LogP) is 1.92. The van der Waals surface area contributed by atoms with Gasteiger partial charge in [0.05, 0.1) is 0 Å². The number of hydrogen-bond donors (Lipinski definition) is 2. The molecule has 0 aromatic rings. The third-order valence-corrected chi connectivity index (χ3v) is 4.34. The zero-order valence-corrected chi connectivity index (χ0v) is 11.3. The van der Waals surface area contributed by atoms with Gasteiger partial charge in [-0.1, -0.05) is 19.8 Å². The molecule has 3 heteroatoms. The maximum Gasteiger partial charge on any atom is 0.0471 e. The van der Waals surface area contributed by atoms with E-state index in [0.717, 1.165) is 38.9 Å². The molecule has 0 unspecified atom stereocenters. The van der Waals surface area contributed by atoms with Crippen molar-refractivity contribution in [2.75, 3.05) is 32.8 Å². The first kappa shape index (κ1) is 13.3. The van der Waals surface area contributed by atoms with E-state index in [1.54, 1.807) is 0 Å². The van der Waals surface area contributed by atoms with E-state index in [1.807, 2.05) is 0 Å². The maximum atomic E-state index is 5.42. The second-order valence-corrected chi connectivity index (χ2v) is 6.04. The first-order valence-corrected chi connectivity index (χ1v) is 7.30. The fourth-order valence-electron chi connectivity index (χ4n) is 2.93. The summed E-state index contributed by atoms with van der Waals surface area (Å²) in [7, 11) is 0. The van der Waals surface area contributed by atoms with E-state index in [2.05, 4.69) is 17.6 Å². The third-order valence-electron chi connectivity index (χ3n) is 4.34. The van der Waals surface area contributed by atoms with Gasteiger partial charge < -0.3 is 15.4 Å².